The average molecular weight is 417 g/mol. The fourth-order valence-electron chi connectivity index (χ4n) is 4.54. The van der Waals surface area contributed by atoms with Crippen molar-refractivity contribution in [1.82, 2.24) is 4.90 Å². The molecule has 1 fully saturated rings. The first-order chi connectivity index (χ1) is 15.0. The van der Waals surface area contributed by atoms with E-state index in [0.29, 0.717) is 23.5 Å². The van der Waals surface area contributed by atoms with Crippen LogP contribution in [-0.4, -0.2) is 43.0 Å². The van der Waals surface area contributed by atoms with Crippen molar-refractivity contribution >= 4 is 11.8 Å². The van der Waals surface area contributed by atoms with Crippen LogP contribution in [0.3, 0.4) is 0 Å². The summed E-state index contributed by atoms with van der Waals surface area (Å²) >= 11 is 0. The van der Waals surface area contributed by atoms with Gasteiger partial charge in [-0.2, -0.15) is 15.8 Å². The molecule has 0 spiro atoms. The van der Waals surface area contributed by atoms with Crippen molar-refractivity contribution in [3.05, 3.63) is 41.5 Å². The number of nitriles is 3. The molecule has 2 aliphatic rings. The molecule has 1 saturated carbocycles. The van der Waals surface area contributed by atoms with Gasteiger partial charge in [-0.25, -0.2) is 4.79 Å². The largest absolute Gasteiger partial charge is 0.494 e. The summed E-state index contributed by atoms with van der Waals surface area (Å²) in [4.78, 5) is 13.9. The SMILES string of the molecule is CCOC(=O)N1CC=C2[C@H](C#N)C(=N)C(C#N)(C#N)[C@H](c3ccccc3OCC)[C@H]2C1. The Morgan fingerprint density at radius 1 is 1.23 bits per heavy atom. The molecular weight excluding hydrogens is 394 g/mol. The molecule has 158 valence electrons. The van der Waals surface area contributed by atoms with Crippen molar-refractivity contribution in [3.8, 4) is 24.0 Å². The monoisotopic (exact) mass is 417 g/mol. The first-order valence-corrected chi connectivity index (χ1v) is 10.1. The summed E-state index contributed by atoms with van der Waals surface area (Å²) in [6, 6.07) is 13.3. The Kier molecular flexibility index (Phi) is 6.28. The Hall–Kier alpha value is -3.83. The van der Waals surface area contributed by atoms with E-state index in [0.717, 1.165) is 0 Å². The second-order valence-corrected chi connectivity index (χ2v) is 7.37. The van der Waals surface area contributed by atoms with Gasteiger partial charge in [-0.3, -0.25) is 0 Å². The maximum Gasteiger partial charge on any atom is 0.410 e. The zero-order chi connectivity index (χ0) is 22.6. The molecule has 1 aromatic carbocycles. The molecule has 3 rings (SSSR count). The quantitative estimate of drug-likeness (QED) is 0.746. The standard InChI is InChI=1S/C23H23N5O3/c1-3-30-19-8-6-5-7-16(19)20-18-12-28(22(29)31-4-2)10-9-15(18)17(11-24)21(27)23(20,13-25)14-26/h5-9,17-18,20,27H,3-4,10,12H2,1-2H3/t17-,18-,20+/m0/s1. The van der Waals surface area contributed by atoms with Crippen LogP contribution in [-0.2, 0) is 4.74 Å². The normalized spacial score (nSPS) is 24.0. The van der Waals surface area contributed by atoms with Gasteiger partial charge in [0.25, 0.3) is 0 Å². The summed E-state index contributed by atoms with van der Waals surface area (Å²) < 4.78 is 10.9. The Balaban J connectivity index is 2.23. The van der Waals surface area contributed by atoms with Gasteiger partial charge >= 0.3 is 6.09 Å². The first kappa shape index (κ1) is 21.9. The highest BCUT2D eigenvalue weighted by molar-refractivity contribution is 6.01. The topological polar surface area (TPSA) is 134 Å². The van der Waals surface area contributed by atoms with E-state index in [9.17, 15) is 20.6 Å². The highest BCUT2D eigenvalue weighted by atomic mass is 16.6. The Labute approximate surface area is 181 Å². The second kappa shape index (κ2) is 8.90. The molecule has 0 saturated heterocycles. The summed E-state index contributed by atoms with van der Waals surface area (Å²) in [5.41, 5.74) is -0.836. The minimum Gasteiger partial charge on any atom is -0.494 e. The number of rotatable bonds is 4. The highest BCUT2D eigenvalue weighted by Gasteiger charge is 2.58. The van der Waals surface area contributed by atoms with Crippen LogP contribution >= 0.6 is 0 Å². The first-order valence-electron chi connectivity index (χ1n) is 10.1. The maximum absolute atomic E-state index is 12.4. The van der Waals surface area contributed by atoms with E-state index in [1.165, 1.54) is 4.90 Å². The Morgan fingerprint density at radius 3 is 2.55 bits per heavy atom. The molecule has 0 aromatic heterocycles. The van der Waals surface area contributed by atoms with Crippen molar-refractivity contribution in [2.24, 2.45) is 17.3 Å². The second-order valence-electron chi connectivity index (χ2n) is 7.37. The minimum absolute atomic E-state index is 0.173. The number of fused-ring (bicyclic) bond motifs is 1. The third-order valence-corrected chi connectivity index (χ3v) is 5.87. The van der Waals surface area contributed by atoms with Crippen LogP contribution in [0.1, 0.15) is 25.3 Å². The highest BCUT2D eigenvalue weighted by Crippen LogP contribution is 2.55. The lowest BCUT2D eigenvalue weighted by Crippen LogP contribution is -2.53. The zero-order valence-corrected chi connectivity index (χ0v) is 17.5. The molecule has 1 aliphatic carbocycles. The van der Waals surface area contributed by atoms with E-state index < -0.39 is 29.3 Å². The van der Waals surface area contributed by atoms with E-state index in [2.05, 4.69) is 6.07 Å². The number of para-hydroxylation sites is 1. The van der Waals surface area contributed by atoms with E-state index in [1.54, 1.807) is 37.3 Å². The number of ether oxygens (including phenoxy) is 2. The summed E-state index contributed by atoms with van der Waals surface area (Å²) in [6.07, 6.45) is 1.26. The van der Waals surface area contributed by atoms with E-state index in [-0.39, 0.29) is 25.4 Å². The molecule has 1 amide bonds. The van der Waals surface area contributed by atoms with Gasteiger partial charge in [-0.15, -0.1) is 0 Å². The molecular formula is C23H23N5O3. The zero-order valence-electron chi connectivity index (χ0n) is 17.5. The number of benzene rings is 1. The molecule has 0 bridgehead atoms. The molecule has 31 heavy (non-hydrogen) atoms. The van der Waals surface area contributed by atoms with Gasteiger partial charge in [0.15, 0.2) is 5.41 Å². The van der Waals surface area contributed by atoms with Crippen molar-refractivity contribution in [2.75, 3.05) is 26.3 Å². The number of carbonyl (C=O) groups is 1. The van der Waals surface area contributed by atoms with Crippen LogP contribution in [0.15, 0.2) is 35.9 Å². The molecule has 1 heterocycles. The number of carbonyl (C=O) groups excluding carboxylic acids is 1. The van der Waals surface area contributed by atoms with Gasteiger partial charge < -0.3 is 19.8 Å². The van der Waals surface area contributed by atoms with Crippen LogP contribution < -0.4 is 4.74 Å². The maximum atomic E-state index is 12.4. The van der Waals surface area contributed by atoms with Crippen LogP contribution in [0.2, 0.25) is 0 Å². The van der Waals surface area contributed by atoms with Crippen molar-refractivity contribution < 1.29 is 14.3 Å². The van der Waals surface area contributed by atoms with Gasteiger partial charge in [0.1, 0.15) is 11.7 Å². The predicted molar refractivity (Wildman–Crippen MR) is 111 cm³/mol. The Morgan fingerprint density at radius 2 is 1.94 bits per heavy atom. The fraction of sp³-hybridized carbons (Fsp3) is 0.435. The molecule has 8 heteroatoms. The summed E-state index contributed by atoms with van der Waals surface area (Å²) in [5, 5.41) is 38.7. The van der Waals surface area contributed by atoms with E-state index >= 15 is 0 Å². The van der Waals surface area contributed by atoms with Gasteiger partial charge in [0.2, 0.25) is 0 Å². The minimum atomic E-state index is -1.87. The molecule has 0 unspecified atom stereocenters. The van der Waals surface area contributed by atoms with Gasteiger partial charge in [-0.1, -0.05) is 24.3 Å². The van der Waals surface area contributed by atoms with E-state index in [1.807, 2.05) is 19.1 Å². The van der Waals surface area contributed by atoms with Crippen molar-refractivity contribution in [2.45, 2.75) is 19.8 Å². The van der Waals surface area contributed by atoms with Crippen molar-refractivity contribution in [1.29, 1.82) is 21.2 Å². The van der Waals surface area contributed by atoms with Gasteiger partial charge in [-0.05, 0) is 25.5 Å². The van der Waals surface area contributed by atoms with Crippen LogP contribution in [0.5, 0.6) is 5.75 Å². The van der Waals surface area contributed by atoms with Crippen LogP contribution in [0.4, 0.5) is 4.79 Å². The molecule has 0 radical (unpaired) electrons. The molecule has 1 N–H and O–H groups in total. The lowest BCUT2D eigenvalue weighted by atomic mass is 9.54. The Bertz CT molecular complexity index is 1030. The molecule has 8 nitrogen and oxygen atoms in total. The summed E-state index contributed by atoms with van der Waals surface area (Å²) in [5.74, 6) is -1.78. The molecule has 1 aromatic rings. The van der Waals surface area contributed by atoms with Gasteiger partial charge in [0.05, 0.1) is 37.1 Å². The lowest BCUT2D eigenvalue weighted by molar-refractivity contribution is 0.0991. The third kappa shape index (κ3) is 3.49. The number of nitrogens with zero attached hydrogens (tertiary/aromatic N) is 4. The summed E-state index contributed by atoms with van der Waals surface area (Å²) in [7, 11) is 0. The van der Waals surface area contributed by atoms with Crippen molar-refractivity contribution in [3.63, 3.8) is 0 Å². The molecule has 1 aliphatic heterocycles. The summed E-state index contributed by atoms with van der Waals surface area (Å²) in [6.45, 7) is 4.57. The fourth-order valence-corrected chi connectivity index (χ4v) is 4.54. The number of hydrogen-bond acceptors (Lipinski definition) is 7. The number of nitrogens with one attached hydrogen (secondary N) is 1. The third-order valence-electron chi connectivity index (χ3n) is 5.87. The predicted octanol–water partition coefficient (Wildman–Crippen LogP) is 3.39. The average Bonchev–Trinajstić information content (AvgIpc) is 2.79. The van der Waals surface area contributed by atoms with Gasteiger partial charge in [0, 0.05) is 30.5 Å². The van der Waals surface area contributed by atoms with Crippen LogP contribution in [0.25, 0.3) is 0 Å². The number of hydrogen-bond donors (Lipinski definition) is 1. The smallest absolute Gasteiger partial charge is 0.410 e. The van der Waals surface area contributed by atoms with E-state index in [4.69, 9.17) is 14.9 Å². The number of amides is 1. The van der Waals surface area contributed by atoms with Crippen LogP contribution in [0, 0.1) is 56.7 Å². The lowest BCUT2D eigenvalue weighted by Gasteiger charge is -2.47. The molecule has 3 atom stereocenters.